The van der Waals surface area contributed by atoms with Gasteiger partial charge in [0.05, 0.1) is 17.7 Å². The fourth-order valence-corrected chi connectivity index (χ4v) is 5.61. The van der Waals surface area contributed by atoms with Crippen molar-refractivity contribution < 1.29 is 17.9 Å². The number of aryl methyl sites for hydroxylation is 1. The second-order valence-corrected chi connectivity index (χ2v) is 11.0. The molecule has 1 aliphatic rings. The quantitative estimate of drug-likeness (QED) is 0.402. The zero-order valence-electron chi connectivity index (χ0n) is 21.9. The predicted molar refractivity (Wildman–Crippen MR) is 155 cm³/mol. The number of hydrogen-bond donors (Lipinski definition) is 0. The van der Waals surface area contributed by atoms with E-state index in [0.29, 0.717) is 30.1 Å². The number of anilines is 1. The Bertz CT molecular complexity index is 1370. The molecule has 0 atom stereocenters. The van der Waals surface area contributed by atoms with E-state index in [1.54, 1.807) is 41.3 Å². The number of para-hydroxylation sites is 2. The van der Waals surface area contributed by atoms with E-state index in [1.165, 1.54) is 24.5 Å². The van der Waals surface area contributed by atoms with Crippen LogP contribution in [0.3, 0.4) is 0 Å². The third-order valence-corrected chi connectivity index (χ3v) is 8.42. The molecule has 1 aliphatic heterocycles. The molecule has 1 heterocycles. The molecule has 3 aromatic rings. The van der Waals surface area contributed by atoms with Crippen LogP contribution >= 0.6 is 12.4 Å². The van der Waals surface area contributed by atoms with Gasteiger partial charge in [0.25, 0.3) is 15.9 Å². The Balaban J connectivity index is 0.00000400. The van der Waals surface area contributed by atoms with Crippen molar-refractivity contribution in [3.8, 4) is 5.75 Å². The zero-order valence-corrected chi connectivity index (χ0v) is 23.5. The summed E-state index contributed by atoms with van der Waals surface area (Å²) in [5.41, 5.74) is 2.75. The minimum atomic E-state index is -3.90. The third-order valence-electron chi connectivity index (χ3n) is 6.66. The number of nitrogens with zero attached hydrogens (tertiary/aromatic N) is 3. The SMILES string of the molecule is COc1ccccc1N(C)S(=O)(=O)c1ccc(C)c(C(=O)N2CCN(C/C=C/c3ccccc3)CC2)c1.Cl. The van der Waals surface area contributed by atoms with Crippen molar-refractivity contribution >= 4 is 40.1 Å². The molecule has 1 amide bonds. The summed E-state index contributed by atoms with van der Waals surface area (Å²) in [5, 5.41) is 0. The monoisotopic (exact) mass is 555 g/mol. The average molecular weight is 556 g/mol. The summed E-state index contributed by atoms with van der Waals surface area (Å²) in [4.78, 5) is 17.6. The van der Waals surface area contributed by atoms with Gasteiger partial charge < -0.3 is 9.64 Å². The molecule has 0 aliphatic carbocycles. The number of methoxy groups -OCH3 is 1. The molecule has 1 saturated heterocycles. The summed E-state index contributed by atoms with van der Waals surface area (Å²) in [6.07, 6.45) is 4.25. The van der Waals surface area contributed by atoms with Crippen LogP contribution in [0.25, 0.3) is 6.08 Å². The van der Waals surface area contributed by atoms with Crippen molar-refractivity contribution in [3.05, 3.63) is 95.6 Å². The summed E-state index contributed by atoms with van der Waals surface area (Å²) in [7, 11) is -0.916. The smallest absolute Gasteiger partial charge is 0.264 e. The van der Waals surface area contributed by atoms with E-state index in [9.17, 15) is 13.2 Å². The molecule has 4 rings (SSSR count). The molecule has 0 unspecified atom stereocenters. The molecule has 1 fully saturated rings. The van der Waals surface area contributed by atoms with Gasteiger partial charge in [0.1, 0.15) is 5.75 Å². The first-order chi connectivity index (χ1) is 17.8. The van der Waals surface area contributed by atoms with Crippen molar-refractivity contribution in [2.75, 3.05) is 51.2 Å². The van der Waals surface area contributed by atoms with Crippen molar-refractivity contribution in [1.29, 1.82) is 0 Å². The number of carbonyl (C=O) groups is 1. The molecule has 0 spiro atoms. The van der Waals surface area contributed by atoms with Crippen LogP contribution in [0.1, 0.15) is 21.5 Å². The van der Waals surface area contributed by atoms with E-state index in [-0.39, 0.29) is 23.2 Å². The fourth-order valence-electron chi connectivity index (χ4n) is 4.38. The number of ether oxygens (including phenoxy) is 1. The second kappa shape index (κ2) is 13.0. The standard InChI is InChI=1S/C29H33N3O4S.ClH/c1-23-15-16-25(37(34,35)30(2)27-13-7-8-14-28(27)36-3)22-26(23)29(33)32-20-18-31(19-21-32)17-9-12-24-10-5-4-6-11-24;/h4-16,22H,17-21H2,1-3H3;1H/b12-9+;. The summed E-state index contributed by atoms with van der Waals surface area (Å²) in [6, 6.07) is 21.8. The molecular weight excluding hydrogens is 522 g/mol. The number of benzene rings is 3. The molecule has 3 aromatic carbocycles. The first-order valence-corrected chi connectivity index (χ1v) is 13.7. The van der Waals surface area contributed by atoms with Crippen LogP contribution in [-0.4, -0.2) is 71.0 Å². The van der Waals surface area contributed by atoms with Crippen molar-refractivity contribution in [2.45, 2.75) is 11.8 Å². The lowest BCUT2D eigenvalue weighted by atomic mass is 10.1. The maximum absolute atomic E-state index is 13.4. The molecule has 38 heavy (non-hydrogen) atoms. The Labute approximate surface area is 231 Å². The topological polar surface area (TPSA) is 70.2 Å². The molecule has 0 saturated carbocycles. The van der Waals surface area contributed by atoms with Gasteiger partial charge in [-0.05, 0) is 42.3 Å². The van der Waals surface area contributed by atoms with Gasteiger partial charge in [-0.15, -0.1) is 12.4 Å². The van der Waals surface area contributed by atoms with Gasteiger partial charge in [-0.25, -0.2) is 8.42 Å². The highest BCUT2D eigenvalue weighted by molar-refractivity contribution is 7.92. The Hall–Kier alpha value is -3.33. The molecular formula is C29H34ClN3O4S. The molecule has 0 radical (unpaired) electrons. The molecule has 202 valence electrons. The van der Waals surface area contributed by atoms with Gasteiger partial charge in [0.2, 0.25) is 0 Å². The number of halogens is 1. The Morgan fingerprint density at radius 3 is 2.32 bits per heavy atom. The highest BCUT2D eigenvalue weighted by Crippen LogP contribution is 2.31. The Morgan fingerprint density at radius 2 is 1.63 bits per heavy atom. The van der Waals surface area contributed by atoms with E-state index in [2.05, 4.69) is 29.2 Å². The van der Waals surface area contributed by atoms with Crippen LogP contribution in [0.4, 0.5) is 5.69 Å². The summed E-state index contributed by atoms with van der Waals surface area (Å²) in [5.74, 6) is 0.308. The van der Waals surface area contributed by atoms with Crippen LogP contribution in [-0.2, 0) is 10.0 Å². The maximum Gasteiger partial charge on any atom is 0.264 e. The van der Waals surface area contributed by atoms with E-state index >= 15 is 0 Å². The van der Waals surface area contributed by atoms with Gasteiger partial charge >= 0.3 is 0 Å². The number of carbonyl (C=O) groups excluding carboxylic acids is 1. The largest absolute Gasteiger partial charge is 0.495 e. The highest BCUT2D eigenvalue weighted by atomic mass is 35.5. The van der Waals surface area contributed by atoms with E-state index < -0.39 is 10.0 Å². The maximum atomic E-state index is 13.4. The van der Waals surface area contributed by atoms with Crippen LogP contribution in [0.5, 0.6) is 5.75 Å². The molecule has 0 bridgehead atoms. The van der Waals surface area contributed by atoms with E-state index in [4.69, 9.17) is 4.74 Å². The first-order valence-electron chi connectivity index (χ1n) is 12.3. The molecule has 0 aromatic heterocycles. The average Bonchev–Trinajstić information content (AvgIpc) is 2.93. The lowest BCUT2D eigenvalue weighted by Gasteiger charge is -2.34. The summed E-state index contributed by atoms with van der Waals surface area (Å²) >= 11 is 0. The molecule has 9 heteroatoms. The normalized spacial score (nSPS) is 14.2. The number of rotatable bonds is 8. The van der Waals surface area contributed by atoms with Crippen LogP contribution in [0.2, 0.25) is 0 Å². The van der Waals surface area contributed by atoms with Gasteiger partial charge in [0.15, 0.2) is 0 Å². The Morgan fingerprint density at radius 1 is 0.974 bits per heavy atom. The summed E-state index contributed by atoms with van der Waals surface area (Å²) in [6.45, 7) is 5.36. The van der Waals surface area contributed by atoms with Crippen LogP contribution in [0, 0.1) is 6.92 Å². The van der Waals surface area contributed by atoms with Gasteiger partial charge in [-0.1, -0.05) is 60.7 Å². The number of sulfonamides is 1. The number of piperazine rings is 1. The van der Waals surface area contributed by atoms with Crippen molar-refractivity contribution in [2.24, 2.45) is 0 Å². The zero-order chi connectivity index (χ0) is 26.4. The molecule has 0 N–H and O–H groups in total. The third kappa shape index (κ3) is 6.56. The minimum absolute atomic E-state index is 0. The van der Waals surface area contributed by atoms with Crippen molar-refractivity contribution in [1.82, 2.24) is 9.80 Å². The lowest BCUT2D eigenvalue weighted by molar-refractivity contribution is 0.0649. The predicted octanol–water partition coefficient (Wildman–Crippen LogP) is 4.72. The van der Waals surface area contributed by atoms with Gasteiger partial charge in [-0.3, -0.25) is 14.0 Å². The van der Waals surface area contributed by atoms with Crippen LogP contribution < -0.4 is 9.04 Å². The van der Waals surface area contributed by atoms with E-state index in [0.717, 1.165) is 30.8 Å². The number of amides is 1. The Kier molecular flexibility index (Phi) is 9.96. The van der Waals surface area contributed by atoms with Crippen molar-refractivity contribution in [3.63, 3.8) is 0 Å². The summed E-state index contributed by atoms with van der Waals surface area (Å²) < 4.78 is 33.4. The van der Waals surface area contributed by atoms with E-state index in [1.807, 2.05) is 25.1 Å². The minimum Gasteiger partial charge on any atom is -0.495 e. The lowest BCUT2D eigenvalue weighted by Crippen LogP contribution is -2.48. The van der Waals surface area contributed by atoms with Gasteiger partial charge in [-0.2, -0.15) is 0 Å². The number of hydrogen-bond acceptors (Lipinski definition) is 5. The second-order valence-electron chi connectivity index (χ2n) is 9.03. The first kappa shape index (κ1) is 29.2. The highest BCUT2D eigenvalue weighted by Gasteiger charge is 2.27. The van der Waals surface area contributed by atoms with Gasteiger partial charge in [0, 0.05) is 45.3 Å². The van der Waals surface area contributed by atoms with Crippen LogP contribution in [0.15, 0.2) is 83.8 Å². The fraction of sp³-hybridized carbons (Fsp3) is 0.276. The molecule has 7 nitrogen and oxygen atoms in total.